The van der Waals surface area contributed by atoms with Gasteiger partial charge in [0.1, 0.15) is 12.5 Å². The Hall–Kier alpha value is -0.900. The Morgan fingerprint density at radius 1 is 1.60 bits per heavy atom. The smallest absolute Gasteiger partial charge is 0.310 e. The molecule has 0 bridgehead atoms. The summed E-state index contributed by atoms with van der Waals surface area (Å²) in [4.78, 5) is 20.7. The molecule has 1 fully saturated rings. The number of hydrogen-bond donors (Lipinski definition) is 1. The summed E-state index contributed by atoms with van der Waals surface area (Å²) < 4.78 is 4.78. The molecule has 0 aromatic carbocycles. The Bertz CT molecular complexity index is 159. The molecule has 4 nitrogen and oxygen atoms in total. The van der Waals surface area contributed by atoms with Gasteiger partial charge in [-0.05, 0) is 0 Å². The molecule has 1 heterocycles. The molecule has 10 heavy (non-hydrogen) atoms. The number of carboxylic acid groups (broad SMARTS) is 1. The van der Waals surface area contributed by atoms with Crippen LogP contribution in [0.2, 0.25) is 0 Å². The zero-order valence-electron chi connectivity index (χ0n) is 5.37. The van der Waals surface area contributed by atoms with Crippen molar-refractivity contribution < 1.29 is 19.4 Å². The first kappa shape index (κ1) is 7.21. The number of carbonyl (C=O) groups excluding carboxylic acids is 1. The van der Waals surface area contributed by atoms with Crippen LogP contribution in [0.3, 0.4) is 0 Å². The Kier molecular flexibility index (Phi) is 2.01. The van der Waals surface area contributed by atoms with Gasteiger partial charge in [0.15, 0.2) is 5.78 Å². The average molecular weight is 144 g/mol. The summed E-state index contributed by atoms with van der Waals surface area (Å²) >= 11 is 0. The van der Waals surface area contributed by atoms with Gasteiger partial charge in [0.2, 0.25) is 0 Å². The van der Waals surface area contributed by atoms with Crippen molar-refractivity contribution in [2.24, 2.45) is 0 Å². The number of hydrogen-bond acceptors (Lipinski definition) is 3. The van der Waals surface area contributed by atoms with E-state index in [2.05, 4.69) is 0 Å². The lowest BCUT2D eigenvalue weighted by Gasteiger charge is -2.23. The number of Topliss-reactive ketones (excluding diaryl/α,β-unsaturated/α-hetero) is 1. The summed E-state index contributed by atoms with van der Waals surface area (Å²) in [5.41, 5.74) is 0. The summed E-state index contributed by atoms with van der Waals surface area (Å²) in [5.74, 6) is -1.40. The van der Waals surface area contributed by atoms with Crippen LogP contribution in [0.1, 0.15) is 12.8 Å². The zero-order chi connectivity index (χ0) is 7.56. The van der Waals surface area contributed by atoms with E-state index >= 15 is 0 Å². The molecule has 0 saturated carbocycles. The van der Waals surface area contributed by atoms with Crippen LogP contribution in [0.25, 0.3) is 0 Å². The molecule has 1 atom stereocenters. The second kappa shape index (κ2) is 2.79. The van der Waals surface area contributed by atoms with E-state index in [-0.39, 0.29) is 5.78 Å². The number of aliphatic carboxylic acids is 1. The maximum Gasteiger partial charge on any atom is 0.310 e. The Morgan fingerprint density at radius 3 is 2.50 bits per heavy atom. The predicted octanol–water partition coefficient (Wildman–Crippen LogP) is -0.181. The highest BCUT2D eigenvalue weighted by Crippen LogP contribution is 2.12. The lowest BCUT2D eigenvalue weighted by Crippen LogP contribution is -2.35. The molecule has 0 aromatic rings. The molecule has 0 aliphatic carbocycles. The van der Waals surface area contributed by atoms with Crippen molar-refractivity contribution in [2.45, 2.75) is 18.9 Å². The van der Waals surface area contributed by atoms with Gasteiger partial charge in [-0.1, -0.05) is 0 Å². The number of rotatable bonds is 3. The molecule has 4 heteroatoms. The molecule has 1 rings (SSSR count). The highest BCUT2D eigenvalue weighted by molar-refractivity contribution is 5.97. The maximum atomic E-state index is 10.7. The SMILES string of the molecule is O=C(O)CC(=O)C1CCO1. The van der Waals surface area contributed by atoms with E-state index in [4.69, 9.17) is 9.84 Å². The van der Waals surface area contributed by atoms with Crippen LogP contribution in [0.15, 0.2) is 0 Å². The van der Waals surface area contributed by atoms with Crippen LogP contribution in [-0.4, -0.2) is 29.6 Å². The Morgan fingerprint density at radius 2 is 2.20 bits per heavy atom. The van der Waals surface area contributed by atoms with Crippen molar-refractivity contribution in [3.8, 4) is 0 Å². The third-order valence-electron chi connectivity index (χ3n) is 1.38. The van der Waals surface area contributed by atoms with E-state index in [0.29, 0.717) is 13.0 Å². The molecular weight excluding hydrogens is 136 g/mol. The molecule has 1 N–H and O–H groups in total. The summed E-state index contributed by atoms with van der Waals surface area (Å²) in [6, 6.07) is 0. The molecule has 0 radical (unpaired) electrons. The molecule has 1 saturated heterocycles. The molecule has 1 aliphatic heterocycles. The van der Waals surface area contributed by atoms with Gasteiger partial charge in [-0.2, -0.15) is 0 Å². The third kappa shape index (κ3) is 1.54. The van der Waals surface area contributed by atoms with E-state index in [9.17, 15) is 9.59 Å². The zero-order valence-corrected chi connectivity index (χ0v) is 5.37. The van der Waals surface area contributed by atoms with Gasteiger partial charge >= 0.3 is 5.97 Å². The molecule has 1 unspecified atom stereocenters. The normalized spacial score (nSPS) is 23.4. The van der Waals surface area contributed by atoms with Gasteiger partial charge in [-0.3, -0.25) is 9.59 Å². The van der Waals surface area contributed by atoms with Gasteiger partial charge in [0.05, 0.1) is 6.61 Å². The van der Waals surface area contributed by atoms with Crippen LogP contribution < -0.4 is 0 Å². The van der Waals surface area contributed by atoms with Gasteiger partial charge < -0.3 is 9.84 Å². The van der Waals surface area contributed by atoms with Crippen LogP contribution in [0, 0.1) is 0 Å². The summed E-state index contributed by atoms with van der Waals surface area (Å²) in [6.45, 7) is 0.579. The minimum atomic E-state index is -1.08. The fourth-order valence-corrected chi connectivity index (χ4v) is 0.753. The topological polar surface area (TPSA) is 63.6 Å². The number of ether oxygens (including phenoxy) is 1. The van der Waals surface area contributed by atoms with E-state index in [1.165, 1.54) is 0 Å². The lowest BCUT2D eigenvalue weighted by atomic mass is 10.1. The van der Waals surface area contributed by atoms with Crippen molar-refractivity contribution in [1.82, 2.24) is 0 Å². The van der Waals surface area contributed by atoms with E-state index in [1.54, 1.807) is 0 Å². The number of carbonyl (C=O) groups is 2. The van der Waals surface area contributed by atoms with Gasteiger partial charge in [0, 0.05) is 6.42 Å². The monoisotopic (exact) mass is 144 g/mol. The molecule has 0 spiro atoms. The van der Waals surface area contributed by atoms with E-state index in [0.717, 1.165) is 0 Å². The summed E-state index contributed by atoms with van der Waals surface area (Å²) in [6.07, 6.45) is -0.173. The number of ketones is 1. The maximum absolute atomic E-state index is 10.7. The Labute approximate surface area is 57.8 Å². The molecule has 56 valence electrons. The fraction of sp³-hybridized carbons (Fsp3) is 0.667. The average Bonchev–Trinajstić information content (AvgIpc) is 1.55. The quantitative estimate of drug-likeness (QED) is 0.558. The standard InChI is InChI=1S/C6H8O4/c7-4(3-6(8)9)5-1-2-10-5/h5H,1-3H2,(H,8,9). The van der Waals surface area contributed by atoms with Gasteiger partial charge in [0.25, 0.3) is 0 Å². The highest BCUT2D eigenvalue weighted by atomic mass is 16.5. The van der Waals surface area contributed by atoms with Gasteiger partial charge in [-0.15, -0.1) is 0 Å². The van der Waals surface area contributed by atoms with Crippen molar-refractivity contribution in [2.75, 3.05) is 6.61 Å². The number of carboxylic acids is 1. The fourth-order valence-electron chi connectivity index (χ4n) is 0.753. The summed E-state index contributed by atoms with van der Waals surface area (Å²) in [7, 11) is 0. The van der Waals surface area contributed by atoms with Crippen molar-refractivity contribution in [3.63, 3.8) is 0 Å². The molecule has 0 amide bonds. The molecular formula is C6H8O4. The Balaban J connectivity index is 2.27. The van der Waals surface area contributed by atoms with Crippen LogP contribution in [0.4, 0.5) is 0 Å². The van der Waals surface area contributed by atoms with Crippen molar-refractivity contribution in [3.05, 3.63) is 0 Å². The first-order valence-corrected chi connectivity index (χ1v) is 3.06. The van der Waals surface area contributed by atoms with E-state index in [1.807, 2.05) is 0 Å². The van der Waals surface area contributed by atoms with Crippen molar-refractivity contribution >= 4 is 11.8 Å². The predicted molar refractivity (Wildman–Crippen MR) is 31.6 cm³/mol. The minimum Gasteiger partial charge on any atom is -0.481 e. The molecule has 1 aliphatic rings. The minimum absolute atomic E-state index is 0.321. The van der Waals surface area contributed by atoms with Crippen LogP contribution in [0.5, 0.6) is 0 Å². The van der Waals surface area contributed by atoms with Crippen LogP contribution >= 0.6 is 0 Å². The second-order valence-electron chi connectivity index (χ2n) is 2.18. The first-order valence-electron chi connectivity index (χ1n) is 3.06. The first-order chi connectivity index (χ1) is 4.70. The van der Waals surface area contributed by atoms with Crippen LogP contribution in [-0.2, 0) is 14.3 Å². The summed E-state index contributed by atoms with van der Waals surface area (Å²) in [5, 5.41) is 8.18. The lowest BCUT2D eigenvalue weighted by molar-refractivity contribution is -0.150. The second-order valence-corrected chi connectivity index (χ2v) is 2.18. The largest absolute Gasteiger partial charge is 0.481 e. The molecule has 0 aromatic heterocycles. The third-order valence-corrected chi connectivity index (χ3v) is 1.38. The van der Waals surface area contributed by atoms with Crippen molar-refractivity contribution in [1.29, 1.82) is 0 Å². The van der Waals surface area contributed by atoms with Gasteiger partial charge in [-0.25, -0.2) is 0 Å². The van der Waals surface area contributed by atoms with E-state index < -0.39 is 18.5 Å². The highest BCUT2D eigenvalue weighted by Gasteiger charge is 2.27.